The summed E-state index contributed by atoms with van der Waals surface area (Å²) in [5, 5.41) is 7.20. The lowest BCUT2D eigenvalue weighted by atomic mass is 10.1. The summed E-state index contributed by atoms with van der Waals surface area (Å²) in [5.74, 6) is -1.71. The first kappa shape index (κ1) is 22.1. The number of nitrogens with zero attached hydrogens (tertiary/aromatic N) is 4. The third-order valence-electron chi connectivity index (χ3n) is 4.89. The third kappa shape index (κ3) is 4.86. The number of rotatable bonds is 5. The summed E-state index contributed by atoms with van der Waals surface area (Å²) in [5.41, 5.74) is 0.874. The Hall–Kier alpha value is -3.11. The molecular weight excluding hydrogens is 449 g/mol. The Bertz CT molecular complexity index is 1110. The predicted octanol–water partition coefficient (Wildman–Crippen LogP) is 4.93. The highest BCUT2D eigenvalue weighted by Gasteiger charge is 2.26. The highest BCUT2D eigenvalue weighted by atomic mass is 35.5. The van der Waals surface area contributed by atoms with Crippen LogP contribution < -0.4 is 4.90 Å². The Balaban J connectivity index is 1.61. The molecule has 3 aromatic rings. The lowest BCUT2D eigenvalue weighted by Crippen LogP contribution is -2.48. The van der Waals surface area contributed by atoms with Crippen molar-refractivity contribution in [2.45, 2.75) is 13.0 Å². The van der Waals surface area contributed by atoms with Gasteiger partial charge in [-0.3, -0.25) is 4.90 Å². The summed E-state index contributed by atoms with van der Waals surface area (Å²) in [7, 11) is 0. The van der Waals surface area contributed by atoms with Crippen molar-refractivity contribution in [3.8, 4) is 11.5 Å². The number of anilines is 1. The number of carbonyl (C=O) groups excluding carboxylic acids is 1. The Morgan fingerprint density at radius 1 is 1.16 bits per heavy atom. The molecule has 1 fully saturated rings. The second kappa shape index (κ2) is 9.58. The maximum absolute atomic E-state index is 14.9. The average molecular weight is 467 g/mol. The van der Waals surface area contributed by atoms with Gasteiger partial charge in [-0.25, -0.2) is 9.18 Å². The van der Waals surface area contributed by atoms with Crippen LogP contribution in [0.4, 0.5) is 23.7 Å². The first-order valence-corrected chi connectivity index (χ1v) is 10.1. The molecule has 0 saturated carbocycles. The van der Waals surface area contributed by atoms with E-state index in [1.54, 1.807) is 29.2 Å². The number of hydrogen-bond donors (Lipinski definition) is 0. The van der Waals surface area contributed by atoms with Crippen LogP contribution in [0.25, 0.3) is 11.5 Å². The highest BCUT2D eigenvalue weighted by molar-refractivity contribution is 6.30. The first-order chi connectivity index (χ1) is 15.4. The molecule has 1 aliphatic rings. The number of amides is 2. The van der Waals surface area contributed by atoms with Crippen LogP contribution >= 0.6 is 11.6 Å². The number of alkyl halides is 2. The van der Waals surface area contributed by atoms with Crippen LogP contribution in [0.5, 0.6) is 0 Å². The molecule has 0 bridgehead atoms. The number of aromatic nitrogens is 2. The fourth-order valence-electron chi connectivity index (χ4n) is 3.26. The molecule has 0 unspecified atom stereocenters. The maximum atomic E-state index is 14.9. The normalized spacial score (nSPS) is 14.1. The monoisotopic (exact) mass is 466 g/mol. The van der Waals surface area contributed by atoms with E-state index in [1.807, 2.05) is 0 Å². The fourth-order valence-corrected chi connectivity index (χ4v) is 3.44. The largest absolute Gasteiger partial charge is 0.415 e. The topological polar surface area (TPSA) is 71.7 Å². The SMILES string of the molecule is O=C(N1CCOCC1)N(Cc1ccc(-c2nnc(C(F)F)o2)cc1F)c1cccc(Cl)c1. The fraction of sp³-hybridized carbons (Fsp3) is 0.286. The molecule has 1 saturated heterocycles. The van der Waals surface area contributed by atoms with Gasteiger partial charge in [0, 0.05) is 34.9 Å². The number of benzene rings is 2. The summed E-state index contributed by atoms with van der Waals surface area (Å²) in [6, 6.07) is 10.4. The van der Waals surface area contributed by atoms with Crippen LogP contribution in [0, 0.1) is 5.82 Å². The molecule has 1 aromatic heterocycles. The molecule has 2 aromatic carbocycles. The summed E-state index contributed by atoms with van der Waals surface area (Å²) in [6.45, 7) is 1.60. The molecule has 0 radical (unpaired) electrons. The number of hydrogen-bond acceptors (Lipinski definition) is 5. The number of ether oxygens (including phenoxy) is 1. The molecule has 32 heavy (non-hydrogen) atoms. The Morgan fingerprint density at radius 3 is 2.59 bits per heavy atom. The summed E-state index contributed by atoms with van der Waals surface area (Å²) >= 11 is 6.10. The van der Waals surface area contributed by atoms with Crippen LogP contribution in [-0.4, -0.2) is 47.4 Å². The first-order valence-electron chi connectivity index (χ1n) is 9.72. The standard InChI is InChI=1S/C21H18ClF3N4O3/c22-15-2-1-3-16(11-15)29(21(30)28-6-8-31-9-7-28)12-14-5-4-13(10-17(14)23)19-26-27-20(32-19)18(24)25/h1-5,10-11,18H,6-9,12H2. The minimum Gasteiger partial charge on any atom is -0.415 e. The molecule has 2 heterocycles. The lowest BCUT2D eigenvalue weighted by Gasteiger charge is -2.33. The van der Waals surface area contributed by atoms with Gasteiger partial charge in [-0.2, -0.15) is 8.78 Å². The van der Waals surface area contributed by atoms with Crippen molar-refractivity contribution in [1.82, 2.24) is 15.1 Å². The van der Waals surface area contributed by atoms with E-state index in [-0.39, 0.29) is 29.6 Å². The van der Waals surface area contributed by atoms with Gasteiger partial charge < -0.3 is 14.1 Å². The molecule has 0 aliphatic carbocycles. The minimum absolute atomic E-state index is 0.0746. The van der Waals surface area contributed by atoms with E-state index in [1.165, 1.54) is 17.0 Å². The minimum atomic E-state index is -2.92. The predicted molar refractivity (Wildman–Crippen MR) is 110 cm³/mol. The zero-order chi connectivity index (χ0) is 22.7. The Labute approximate surface area is 186 Å². The molecule has 1 aliphatic heterocycles. The van der Waals surface area contributed by atoms with Gasteiger partial charge in [0.05, 0.1) is 19.8 Å². The van der Waals surface area contributed by atoms with E-state index in [4.69, 9.17) is 20.8 Å². The van der Waals surface area contributed by atoms with Crippen molar-refractivity contribution in [2.75, 3.05) is 31.2 Å². The molecule has 0 N–H and O–H groups in total. The number of halogens is 4. The smallest absolute Gasteiger partial charge is 0.324 e. The van der Waals surface area contributed by atoms with Crippen molar-refractivity contribution in [3.05, 3.63) is 64.8 Å². The second-order valence-electron chi connectivity index (χ2n) is 7.00. The summed E-state index contributed by atoms with van der Waals surface area (Å²) in [4.78, 5) is 16.3. The molecule has 168 valence electrons. The Kier molecular flexibility index (Phi) is 6.61. The van der Waals surface area contributed by atoms with Crippen molar-refractivity contribution in [3.63, 3.8) is 0 Å². The van der Waals surface area contributed by atoms with Crippen molar-refractivity contribution in [2.24, 2.45) is 0 Å². The zero-order valence-electron chi connectivity index (χ0n) is 16.7. The second-order valence-corrected chi connectivity index (χ2v) is 7.44. The van der Waals surface area contributed by atoms with Gasteiger partial charge >= 0.3 is 12.5 Å². The molecule has 11 heteroatoms. The quantitative estimate of drug-likeness (QED) is 0.533. The van der Waals surface area contributed by atoms with E-state index in [0.717, 1.165) is 6.07 Å². The van der Waals surface area contributed by atoms with Crippen LogP contribution in [0.15, 0.2) is 46.9 Å². The van der Waals surface area contributed by atoms with E-state index in [9.17, 15) is 18.0 Å². The van der Waals surface area contributed by atoms with Crippen LogP contribution in [0.2, 0.25) is 5.02 Å². The zero-order valence-corrected chi connectivity index (χ0v) is 17.4. The summed E-state index contributed by atoms with van der Waals surface area (Å²) < 4.78 is 50.4. The molecule has 2 amide bonds. The van der Waals surface area contributed by atoms with Gasteiger partial charge in [0.1, 0.15) is 5.82 Å². The maximum Gasteiger partial charge on any atom is 0.324 e. The number of urea groups is 1. The van der Waals surface area contributed by atoms with Gasteiger partial charge in [0.15, 0.2) is 0 Å². The van der Waals surface area contributed by atoms with Crippen molar-refractivity contribution in [1.29, 1.82) is 0 Å². The highest BCUT2D eigenvalue weighted by Crippen LogP contribution is 2.27. The van der Waals surface area contributed by atoms with Gasteiger partial charge in [0.2, 0.25) is 5.89 Å². The number of morpholine rings is 1. The third-order valence-corrected chi connectivity index (χ3v) is 5.12. The molecule has 7 nitrogen and oxygen atoms in total. The van der Waals surface area contributed by atoms with Crippen LogP contribution in [0.3, 0.4) is 0 Å². The van der Waals surface area contributed by atoms with Crippen LogP contribution in [-0.2, 0) is 11.3 Å². The average Bonchev–Trinajstić information content (AvgIpc) is 3.29. The molecule has 0 spiro atoms. The van der Waals surface area contributed by atoms with Gasteiger partial charge in [-0.15, -0.1) is 10.2 Å². The lowest BCUT2D eigenvalue weighted by molar-refractivity contribution is 0.0548. The van der Waals surface area contributed by atoms with Gasteiger partial charge in [0.25, 0.3) is 5.89 Å². The van der Waals surface area contributed by atoms with Crippen molar-refractivity contribution < 1.29 is 27.1 Å². The van der Waals surface area contributed by atoms with E-state index in [2.05, 4.69) is 10.2 Å². The number of carbonyl (C=O) groups is 1. The van der Waals surface area contributed by atoms with E-state index < -0.39 is 18.1 Å². The van der Waals surface area contributed by atoms with Gasteiger partial charge in [-0.1, -0.05) is 23.7 Å². The van der Waals surface area contributed by atoms with E-state index in [0.29, 0.717) is 37.0 Å². The van der Waals surface area contributed by atoms with Gasteiger partial charge in [-0.05, 0) is 30.3 Å². The Morgan fingerprint density at radius 2 is 1.94 bits per heavy atom. The molecule has 4 rings (SSSR count). The molecule has 0 atom stereocenters. The molecular formula is C21H18ClF3N4O3. The summed E-state index contributed by atoms with van der Waals surface area (Å²) in [6.07, 6.45) is -2.92. The van der Waals surface area contributed by atoms with Crippen molar-refractivity contribution >= 4 is 23.3 Å². The van der Waals surface area contributed by atoms with E-state index >= 15 is 0 Å². The van der Waals surface area contributed by atoms with Crippen LogP contribution in [0.1, 0.15) is 17.9 Å².